The summed E-state index contributed by atoms with van der Waals surface area (Å²) in [6.45, 7) is 6.47. The largest absolute Gasteiger partial charge is 0.508 e. The first-order valence-electron chi connectivity index (χ1n) is 7.29. The molecule has 1 heterocycles. The molecule has 1 amide bonds. The Kier molecular flexibility index (Phi) is 4.81. The quantitative estimate of drug-likeness (QED) is 0.920. The number of carbonyl (C=O) groups excluding carboxylic acids is 1. The van der Waals surface area contributed by atoms with Gasteiger partial charge in [0.25, 0.3) is 5.91 Å². The summed E-state index contributed by atoms with van der Waals surface area (Å²) in [7, 11) is 0. The van der Waals surface area contributed by atoms with E-state index in [0.29, 0.717) is 18.7 Å². The molecule has 1 aliphatic rings. The lowest BCUT2D eigenvalue weighted by molar-refractivity contribution is 0.0604. The number of hydrogen-bond donors (Lipinski definition) is 1. The van der Waals surface area contributed by atoms with Crippen molar-refractivity contribution in [3.8, 4) is 11.8 Å². The third kappa shape index (κ3) is 3.34. The summed E-state index contributed by atoms with van der Waals surface area (Å²) in [5.41, 5.74) is 1.27. The van der Waals surface area contributed by atoms with E-state index in [4.69, 9.17) is 5.26 Å². The predicted octanol–water partition coefficient (Wildman–Crippen LogP) is 1.76. The molecule has 5 heteroatoms. The van der Waals surface area contributed by atoms with Crippen LogP contribution < -0.4 is 0 Å². The highest BCUT2D eigenvalue weighted by molar-refractivity contribution is 5.94. The van der Waals surface area contributed by atoms with Crippen LogP contribution in [0, 0.1) is 18.3 Å². The van der Waals surface area contributed by atoms with Gasteiger partial charge < -0.3 is 10.0 Å². The second kappa shape index (κ2) is 6.59. The Hall–Kier alpha value is -2.06. The van der Waals surface area contributed by atoms with Gasteiger partial charge in [-0.05, 0) is 31.0 Å². The number of aryl methyl sites for hydroxylation is 1. The molecule has 1 N–H and O–H groups in total. The monoisotopic (exact) mass is 287 g/mol. The number of hydrogen-bond acceptors (Lipinski definition) is 4. The van der Waals surface area contributed by atoms with Gasteiger partial charge in [0.1, 0.15) is 5.75 Å². The summed E-state index contributed by atoms with van der Waals surface area (Å²) in [6.07, 6.45) is 0.802. The number of aromatic hydroxyl groups is 1. The fourth-order valence-corrected chi connectivity index (χ4v) is 2.59. The molecule has 1 unspecified atom stereocenters. The van der Waals surface area contributed by atoms with Gasteiger partial charge in [0.15, 0.2) is 0 Å². The van der Waals surface area contributed by atoms with Crippen LogP contribution in [0.15, 0.2) is 18.2 Å². The van der Waals surface area contributed by atoms with Gasteiger partial charge in [-0.2, -0.15) is 5.26 Å². The predicted molar refractivity (Wildman–Crippen MR) is 80.0 cm³/mol. The van der Waals surface area contributed by atoms with E-state index >= 15 is 0 Å². The number of carbonyl (C=O) groups is 1. The first-order valence-corrected chi connectivity index (χ1v) is 7.29. The average Bonchev–Trinajstić information content (AvgIpc) is 2.51. The van der Waals surface area contributed by atoms with E-state index in [9.17, 15) is 9.90 Å². The molecule has 5 nitrogen and oxygen atoms in total. The third-order valence-corrected chi connectivity index (χ3v) is 4.03. The number of benzene rings is 1. The van der Waals surface area contributed by atoms with Crippen molar-refractivity contribution in [1.29, 1.82) is 5.26 Å². The van der Waals surface area contributed by atoms with Crippen LogP contribution >= 0.6 is 0 Å². The standard InChI is InChI=1S/C16H21N3O2/c1-3-14(11-17)18-6-8-19(9-7-18)16(21)13-5-4-12(2)15(20)10-13/h4-5,10,14,20H,3,6-9H2,1-2H3. The topological polar surface area (TPSA) is 67.6 Å². The van der Waals surface area contributed by atoms with Gasteiger partial charge in [-0.25, -0.2) is 0 Å². The van der Waals surface area contributed by atoms with Crippen molar-refractivity contribution in [1.82, 2.24) is 9.80 Å². The number of amides is 1. The number of phenolic OH excluding ortho intramolecular Hbond substituents is 1. The minimum atomic E-state index is -0.0642. The third-order valence-electron chi connectivity index (χ3n) is 4.03. The molecule has 1 fully saturated rings. The number of rotatable bonds is 3. The molecule has 1 aromatic carbocycles. The smallest absolute Gasteiger partial charge is 0.254 e. The molecule has 0 aliphatic carbocycles. The van der Waals surface area contributed by atoms with Gasteiger partial charge in [0.2, 0.25) is 0 Å². The van der Waals surface area contributed by atoms with Gasteiger partial charge in [0.05, 0.1) is 12.1 Å². The molecule has 0 bridgehead atoms. The Morgan fingerprint density at radius 1 is 1.38 bits per heavy atom. The van der Waals surface area contributed by atoms with Crippen LogP contribution in [0.5, 0.6) is 5.75 Å². The van der Waals surface area contributed by atoms with E-state index in [2.05, 4.69) is 11.0 Å². The van der Waals surface area contributed by atoms with E-state index in [1.54, 1.807) is 24.0 Å². The van der Waals surface area contributed by atoms with Gasteiger partial charge in [-0.15, -0.1) is 0 Å². The lowest BCUT2D eigenvalue weighted by Crippen LogP contribution is -2.51. The van der Waals surface area contributed by atoms with Crippen molar-refractivity contribution in [2.75, 3.05) is 26.2 Å². The van der Waals surface area contributed by atoms with Crippen LogP contribution in [-0.4, -0.2) is 53.0 Å². The molecule has 21 heavy (non-hydrogen) atoms. The maximum atomic E-state index is 12.4. The molecule has 112 valence electrons. The minimum Gasteiger partial charge on any atom is -0.508 e. The first-order chi connectivity index (χ1) is 10.1. The maximum Gasteiger partial charge on any atom is 0.254 e. The fourth-order valence-electron chi connectivity index (χ4n) is 2.59. The zero-order valence-corrected chi connectivity index (χ0v) is 12.5. The summed E-state index contributed by atoms with van der Waals surface area (Å²) in [6, 6.07) is 7.25. The van der Waals surface area contributed by atoms with Gasteiger partial charge in [0, 0.05) is 31.7 Å². The number of piperazine rings is 1. The normalized spacial score (nSPS) is 17.3. The fraction of sp³-hybridized carbons (Fsp3) is 0.500. The highest BCUT2D eigenvalue weighted by Crippen LogP contribution is 2.19. The van der Waals surface area contributed by atoms with E-state index < -0.39 is 0 Å². The zero-order valence-electron chi connectivity index (χ0n) is 12.5. The molecule has 0 spiro atoms. The lowest BCUT2D eigenvalue weighted by atomic mass is 10.1. The second-order valence-electron chi connectivity index (χ2n) is 5.38. The summed E-state index contributed by atoms with van der Waals surface area (Å²) in [5, 5.41) is 18.8. The van der Waals surface area contributed by atoms with E-state index in [1.165, 1.54) is 6.07 Å². The minimum absolute atomic E-state index is 0.0602. The van der Waals surface area contributed by atoms with Crippen molar-refractivity contribution in [3.05, 3.63) is 29.3 Å². The van der Waals surface area contributed by atoms with Crippen LogP contribution in [0.4, 0.5) is 0 Å². The molecule has 1 aromatic rings. The number of nitrogens with zero attached hydrogens (tertiary/aromatic N) is 3. The number of nitriles is 1. The summed E-state index contributed by atoms with van der Waals surface area (Å²) < 4.78 is 0. The van der Waals surface area contributed by atoms with Crippen LogP contribution in [-0.2, 0) is 0 Å². The molecular weight excluding hydrogens is 266 g/mol. The molecular formula is C16H21N3O2. The second-order valence-corrected chi connectivity index (χ2v) is 5.38. The van der Waals surface area contributed by atoms with Crippen LogP contribution in [0.1, 0.15) is 29.3 Å². The van der Waals surface area contributed by atoms with Crippen LogP contribution in [0.25, 0.3) is 0 Å². The Morgan fingerprint density at radius 2 is 2.05 bits per heavy atom. The molecule has 1 saturated heterocycles. The van der Waals surface area contributed by atoms with Crippen molar-refractivity contribution < 1.29 is 9.90 Å². The van der Waals surface area contributed by atoms with E-state index in [0.717, 1.165) is 25.1 Å². The highest BCUT2D eigenvalue weighted by Gasteiger charge is 2.25. The van der Waals surface area contributed by atoms with Crippen LogP contribution in [0.2, 0.25) is 0 Å². The van der Waals surface area contributed by atoms with Crippen LogP contribution in [0.3, 0.4) is 0 Å². The van der Waals surface area contributed by atoms with Gasteiger partial charge in [-0.3, -0.25) is 9.69 Å². The maximum absolute atomic E-state index is 12.4. The van der Waals surface area contributed by atoms with Crippen molar-refractivity contribution in [3.63, 3.8) is 0 Å². The number of phenols is 1. The Bertz CT molecular complexity index is 557. The van der Waals surface area contributed by atoms with Gasteiger partial charge >= 0.3 is 0 Å². The van der Waals surface area contributed by atoms with Gasteiger partial charge in [-0.1, -0.05) is 13.0 Å². The Balaban J connectivity index is 2.00. The Morgan fingerprint density at radius 3 is 2.57 bits per heavy atom. The molecule has 0 saturated carbocycles. The zero-order chi connectivity index (χ0) is 15.4. The van der Waals surface area contributed by atoms with E-state index in [-0.39, 0.29) is 17.7 Å². The molecule has 0 radical (unpaired) electrons. The van der Waals surface area contributed by atoms with E-state index in [1.807, 2.05) is 6.92 Å². The van der Waals surface area contributed by atoms with Crippen molar-refractivity contribution in [2.24, 2.45) is 0 Å². The SMILES string of the molecule is CCC(C#N)N1CCN(C(=O)c2ccc(C)c(O)c2)CC1. The highest BCUT2D eigenvalue weighted by atomic mass is 16.3. The molecule has 1 atom stereocenters. The Labute approximate surface area is 125 Å². The van der Waals surface area contributed by atoms with Crippen molar-refractivity contribution >= 4 is 5.91 Å². The lowest BCUT2D eigenvalue weighted by Gasteiger charge is -2.36. The average molecular weight is 287 g/mol. The van der Waals surface area contributed by atoms with Crippen molar-refractivity contribution in [2.45, 2.75) is 26.3 Å². The molecule has 0 aromatic heterocycles. The first kappa shape index (κ1) is 15.3. The summed E-state index contributed by atoms with van der Waals surface area (Å²) in [4.78, 5) is 16.3. The molecule has 1 aliphatic heterocycles. The summed E-state index contributed by atoms with van der Waals surface area (Å²) in [5.74, 6) is 0.0879. The summed E-state index contributed by atoms with van der Waals surface area (Å²) >= 11 is 0. The molecule has 2 rings (SSSR count).